The van der Waals surface area contributed by atoms with Gasteiger partial charge in [-0.25, -0.2) is 4.79 Å². The van der Waals surface area contributed by atoms with Crippen LogP contribution in [-0.2, 0) is 16.1 Å². The largest absolute Gasteiger partial charge is 0.383 e. The summed E-state index contributed by atoms with van der Waals surface area (Å²) in [4.78, 5) is 27.7. The van der Waals surface area contributed by atoms with Gasteiger partial charge in [0, 0.05) is 31.1 Å². The molecule has 0 fully saturated rings. The molecule has 0 bridgehead atoms. The lowest BCUT2D eigenvalue weighted by Crippen LogP contribution is -2.43. The molecule has 0 saturated carbocycles. The van der Waals surface area contributed by atoms with Crippen LogP contribution >= 0.6 is 11.8 Å². The Kier molecular flexibility index (Phi) is 8.21. The average Bonchev–Trinajstić information content (AvgIpc) is 3.07. The van der Waals surface area contributed by atoms with E-state index in [1.807, 2.05) is 30.5 Å². The minimum absolute atomic E-state index is 0.00511. The van der Waals surface area contributed by atoms with Gasteiger partial charge < -0.3 is 10.1 Å². The van der Waals surface area contributed by atoms with Crippen LogP contribution in [-0.4, -0.2) is 57.2 Å². The van der Waals surface area contributed by atoms with Crippen LogP contribution in [0, 0.1) is 0 Å². The summed E-state index contributed by atoms with van der Waals surface area (Å²) in [7, 11) is 1.62. The van der Waals surface area contributed by atoms with Crippen molar-refractivity contribution in [3.05, 3.63) is 24.5 Å². The van der Waals surface area contributed by atoms with E-state index >= 15 is 0 Å². The maximum atomic E-state index is 12.0. The van der Waals surface area contributed by atoms with Gasteiger partial charge in [-0.15, -0.1) is 10.2 Å². The van der Waals surface area contributed by atoms with Gasteiger partial charge in [-0.3, -0.25) is 19.7 Å². The number of hydrogen-bond acceptors (Lipinski definition) is 7. The van der Waals surface area contributed by atoms with Crippen molar-refractivity contribution >= 4 is 23.7 Å². The lowest BCUT2D eigenvalue weighted by atomic mass is 10.2. The Morgan fingerprint density at radius 2 is 2.04 bits per heavy atom. The fourth-order valence-corrected chi connectivity index (χ4v) is 2.91. The summed E-state index contributed by atoms with van der Waals surface area (Å²) in [6.45, 7) is 4.85. The first-order valence-electron chi connectivity index (χ1n) is 8.60. The lowest BCUT2D eigenvalue weighted by Gasteiger charge is -2.12. The molecule has 0 unspecified atom stereocenters. The van der Waals surface area contributed by atoms with Crippen LogP contribution in [0.4, 0.5) is 4.79 Å². The Hall–Kier alpha value is -2.46. The van der Waals surface area contributed by atoms with Crippen molar-refractivity contribution in [2.45, 2.75) is 38.0 Å². The van der Waals surface area contributed by atoms with Gasteiger partial charge in [0.05, 0.1) is 18.9 Å². The molecule has 2 aromatic rings. The molecule has 2 rings (SSSR count). The molecule has 27 heavy (non-hydrogen) atoms. The Labute approximate surface area is 162 Å². The number of urea groups is 1. The molecule has 0 saturated heterocycles. The van der Waals surface area contributed by atoms with Crippen LogP contribution < -0.4 is 10.6 Å². The fourth-order valence-electron chi connectivity index (χ4n) is 2.15. The summed E-state index contributed by atoms with van der Waals surface area (Å²) in [5.41, 5.74) is 0.873. The van der Waals surface area contributed by atoms with Crippen molar-refractivity contribution in [1.29, 1.82) is 0 Å². The zero-order valence-electron chi connectivity index (χ0n) is 15.6. The number of hydrogen-bond donors (Lipinski definition) is 2. The Bertz CT molecular complexity index is 752. The molecule has 146 valence electrons. The highest BCUT2D eigenvalue weighted by molar-refractivity contribution is 7.99. The normalized spacial score (nSPS) is 11.8. The number of pyridine rings is 1. The van der Waals surface area contributed by atoms with Crippen LogP contribution in [0.1, 0.15) is 20.3 Å². The van der Waals surface area contributed by atoms with E-state index in [0.717, 1.165) is 12.0 Å². The van der Waals surface area contributed by atoms with Crippen LogP contribution in [0.5, 0.6) is 0 Å². The molecule has 0 aliphatic carbocycles. The van der Waals surface area contributed by atoms with Gasteiger partial charge in [0.25, 0.3) is 0 Å². The second-order valence-electron chi connectivity index (χ2n) is 5.81. The fraction of sp³-hybridized carbons (Fsp3) is 0.471. The predicted octanol–water partition coefficient (Wildman–Crippen LogP) is 1.70. The summed E-state index contributed by atoms with van der Waals surface area (Å²) in [6, 6.07) is 3.19. The summed E-state index contributed by atoms with van der Waals surface area (Å²) >= 11 is 1.21. The summed E-state index contributed by atoms with van der Waals surface area (Å²) in [5.74, 6) is 0.328. The molecular formula is C17H24N6O3S. The molecule has 9 nitrogen and oxygen atoms in total. The third kappa shape index (κ3) is 6.33. The first kappa shape index (κ1) is 20.8. The molecule has 2 heterocycles. The number of carbonyl (C=O) groups is 2. The van der Waals surface area contributed by atoms with E-state index in [1.165, 1.54) is 11.8 Å². The number of carbonyl (C=O) groups excluding carboxylic acids is 2. The molecule has 2 N–H and O–H groups in total. The molecule has 0 spiro atoms. The molecule has 2 aromatic heterocycles. The van der Waals surface area contributed by atoms with E-state index < -0.39 is 11.9 Å². The second kappa shape index (κ2) is 10.6. The van der Waals surface area contributed by atoms with Gasteiger partial charge >= 0.3 is 6.03 Å². The highest BCUT2D eigenvalue weighted by Gasteiger charge is 2.16. The maximum absolute atomic E-state index is 12.0. The zero-order valence-corrected chi connectivity index (χ0v) is 16.5. The highest BCUT2D eigenvalue weighted by atomic mass is 32.2. The molecule has 0 radical (unpaired) electrons. The molecule has 0 aliphatic heterocycles. The zero-order chi connectivity index (χ0) is 19.6. The van der Waals surface area contributed by atoms with Gasteiger partial charge in [-0.1, -0.05) is 18.7 Å². The molecule has 1 atom stereocenters. The van der Waals surface area contributed by atoms with Crippen LogP contribution in [0.15, 0.2) is 29.7 Å². The number of ether oxygens (including phenoxy) is 1. The van der Waals surface area contributed by atoms with Crippen LogP contribution in [0.2, 0.25) is 0 Å². The van der Waals surface area contributed by atoms with Gasteiger partial charge in [0.1, 0.15) is 0 Å². The van der Waals surface area contributed by atoms with Crippen molar-refractivity contribution in [3.8, 4) is 11.4 Å². The molecule has 0 aliphatic rings. The standard InChI is InChI=1S/C17H24N6O3S/c1-4-12(2)19-16(25)20-14(24)11-27-17-22-21-15(23(17)9-10-26-3)13-5-7-18-8-6-13/h5-8,12H,4,9-11H2,1-3H3,(H2,19,20,24,25)/t12-/m0/s1. The average molecular weight is 392 g/mol. The number of amides is 3. The van der Waals surface area contributed by atoms with E-state index in [9.17, 15) is 9.59 Å². The van der Waals surface area contributed by atoms with Crippen molar-refractivity contribution in [3.63, 3.8) is 0 Å². The van der Waals surface area contributed by atoms with E-state index in [4.69, 9.17) is 4.74 Å². The number of nitrogens with zero attached hydrogens (tertiary/aromatic N) is 4. The van der Waals surface area contributed by atoms with E-state index in [2.05, 4.69) is 25.8 Å². The Morgan fingerprint density at radius 1 is 1.30 bits per heavy atom. The van der Waals surface area contributed by atoms with Crippen molar-refractivity contribution in [1.82, 2.24) is 30.4 Å². The first-order chi connectivity index (χ1) is 13.0. The maximum Gasteiger partial charge on any atom is 0.321 e. The summed E-state index contributed by atoms with van der Waals surface area (Å²) < 4.78 is 7.04. The van der Waals surface area contributed by atoms with Gasteiger partial charge in [0.15, 0.2) is 11.0 Å². The molecule has 10 heteroatoms. The number of methoxy groups -OCH3 is 1. The number of nitrogens with one attached hydrogen (secondary N) is 2. The smallest absolute Gasteiger partial charge is 0.321 e. The highest BCUT2D eigenvalue weighted by Crippen LogP contribution is 2.23. The van der Waals surface area contributed by atoms with E-state index in [1.54, 1.807) is 19.5 Å². The third-order valence-corrected chi connectivity index (χ3v) is 4.72. The van der Waals surface area contributed by atoms with Gasteiger partial charge in [-0.2, -0.15) is 0 Å². The number of aromatic nitrogens is 4. The minimum Gasteiger partial charge on any atom is -0.383 e. The van der Waals surface area contributed by atoms with Crippen molar-refractivity contribution in [2.24, 2.45) is 0 Å². The Morgan fingerprint density at radius 3 is 2.70 bits per heavy atom. The summed E-state index contributed by atoms with van der Waals surface area (Å²) in [5, 5.41) is 14.0. The summed E-state index contributed by atoms with van der Waals surface area (Å²) in [6.07, 6.45) is 4.15. The minimum atomic E-state index is -0.492. The van der Waals surface area contributed by atoms with Crippen LogP contribution in [0.25, 0.3) is 11.4 Å². The first-order valence-corrected chi connectivity index (χ1v) is 9.59. The topological polar surface area (TPSA) is 111 Å². The molecule has 3 amide bonds. The monoisotopic (exact) mass is 392 g/mol. The lowest BCUT2D eigenvalue weighted by molar-refractivity contribution is -0.117. The van der Waals surface area contributed by atoms with E-state index in [0.29, 0.717) is 24.1 Å². The molecular weight excluding hydrogens is 368 g/mol. The SMILES string of the molecule is CC[C@H](C)NC(=O)NC(=O)CSc1nnc(-c2ccncc2)n1CCOC. The quantitative estimate of drug-likeness (QED) is 0.625. The third-order valence-electron chi connectivity index (χ3n) is 3.75. The van der Waals surface area contributed by atoms with Crippen molar-refractivity contribution < 1.29 is 14.3 Å². The van der Waals surface area contributed by atoms with Crippen LogP contribution in [0.3, 0.4) is 0 Å². The number of rotatable bonds is 9. The van der Waals surface area contributed by atoms with Gasteiger partial charge in [-0.05, 0) is 25.5 Å². The predicted molar refractivity (Wildman–Crippen MR) is 102 cm³/mol. The number of thioether (sulfide) groups is 1. The second-order valence-corrected chi connectivity index (χ2v) is 6.75. The van der Waals surface area contributed by atoms with Gasteiger partial charge in [0.2, 0.25) is 5.91 Å². The Balaban J connectivity index is 2.02. The molecule has 0 aromatic carbocycles. The van der Waals surface area contributed by atoms with Crippen molar-refractivity contribution in [2.75, 3.05) is 19.5 Å². The number of imide groups is 1. The van der Waals surface area contributed by atoms with E-state index in [-0.39, 0.29) is 11.8 Å².